The van der Waals surface area contributed by atoms with Gasteiger partial charge in [0, 0.05) is 11.6 Å². The lowest BCUT2D eigenvalue weighted by molar-refractivity contribution is -0.119. The number of nitrogens with one attached hydrogen (secondary N) is 2. The molecule has 1 saturated heterocycles. The molecule has 1 heterocycles. The molecule has 1 unspecified atom stereocenters. The highest BCUT2D eigenvalue weighted by Gasteiger charge is 2.28. The van der Waals surface area contributed by atoms with Crippen molar-refractivity contribution in [3.05, 3.63) is 52.6 Å². The maximum Gasteiger partial charge on any atom is 0.255 e. The molecule has 0 aromatic heterocycles. The number of phenols is 1. The van der Waals surface area contributed by atoms with Crippen molar-refractivity contribution in [2.45, 2.75) is 18.9 Å². The lowest BCUT2D eigenvalue weighted by Crippen LogP contribution is -2.37. The van der Waals surface area contributed by atoms with Gasteiger partial charge >= 0.3 is 0 Å². The van der Waals surface area contributed by atoms with Gasteiger partial charge in [-0.25, -0.2) is 8.78 Å². The number of phenolic OH excluding ortho intramolecular Hbond substituents is 1. The molecule has 2 aromatic carbocycles. The number of likely N-dealkylation sites (tertiary alicyclic amines) is 1. The summed E-state index contributed by atoms with van der Waals surface area (Å²) in [6.07, 6.45) is 1.65. The van der Waals surface area contributed by atoms with E-state index in [-0.39, 0.29) is 39.7 Å². The van der Waals surface area contributed by atoms with E-state index in [4.69, 9.17) is 11.6 Å². The first-order chi connectivity index (χ1) is 13.3. The van der Waals surface area contributed by atoms with Gasteiger partial charge in [-0.3, -0.25) is 14.5 Å². The largest absolute Gasteiger partial charge is 0.506 e. The molecule has 6 nitrogen and oxygen atoms in total. The van der Waals surface area contributed by atoms with Crippen LogP contribution in [-0.2, 0) is 4.79 Å². The Balaban J connectivity index is 1.75. The van der Waals surface area contributed by atoms with Crippen molar-refractivity contribution in [2.75, 3.05) is 24.2 Å². The first-order valence-electron chi connectivity index (χ1n) is 8.56. The topological polar surface area (TPSA) is 81.7 Å². The van der Waals surface area contributed by atoms with Crippen LogP contribution in [0.15, 0.2) is 30.3 Å². The minimum Gasteiger partial charge on any atom is -0.506 e. The molecule has 1 aliphatic heterocycles. The van der Waals surface area contributed by atoms with Crippen LogP contribution in [0.5, 0.6) is 5.75 Å². The number of hydrogen-bond acceptors (Lipinski definition) is 4. The number of carbonyl (C=O) groups excluding carboxylic acids is 2. The molecule has 148 valence electrons. The highest BCUT2D eigenvalue weighted by atomic mass is 35.5. The summed E-state index contributed by atoms with van der Waals surface area (Å²) < 4.78 is 26.3. The molecule has 28 heavy (non-hydrogen) atoms. The van der Waals surface area contributed by atoms with Crippen molar-refractivity contribution < 1.29 is 23.5 Å². The second-order valence-corrected chi connectivity index (χ2v) is 6.97. The average molecular weight is 410 g/mol. The molecule has 0 bridgehead atoms. The quantitative estimate of drug-likeness (QED) is 0.674. The molecular weight excluding hydrogens is 392 g/mol. The molecule has 9 heteroatoms. The number of benzene rings is 2. The van der Waals surface area contributed by atoms with Crippen molar-refractivity contribution >= 4 is 34.8 Å². The van der Waals surface area contributed by atoms with E-state index < -0.39 is 17.5 Å². The summed E-state index contributed by atoms with van der Waals surface area (Å²) >= 11 is 6.16. The summed E-state index contributed by atoms with van der Waals surface area (Å²) in [5, 5.41) is 15.3. The molecule has 1 fully saturated rings. The van der Waals surface area contributed by atoms with Gasteiger partial charge in [0.1, 0.15) is 5.75 Å². The third kappa shape index (κ3) is 4.23. The zero-order valence-corrected chi connectivity index (χ0v) is 15.7. The number of nitrogens with zero attached hydrogens (tertiary/aromatic N) is 1. The summed E-state index contributed by atoms with van der Waals surface area (Å²) in [5.74, 6) is -3.56. The summed E-state index contributed by atoms with van der Waals surface area (Å²) in [5.41, 5.74) is 0.0436. The Hall–Kier alpha value is -2.71. The van der Waals surface area contributed by atoms with E-state index in [0.717, 1.165) is 37.6 Å². The number of likely N-dealkylation sites (N-methyl/N-ethyl adjacent to an activating group) is 1. The lowest BCUT2D eigenvalue weighted by Gasteiger charge is -2.19. The number of hydrogen-bond donors (Lipinski definition) is 3. The normalized spacial score (nSPS) is 16.8. The van der Waals surface area contributed by atoms with Crippen LogP contribution in [0, 0.1) is 11.6 Å². The smallest absolute Gasteiger partial charge is 0.255 e. The Labute approximate surface area is 165 Å². The van der Waals surface area contributed by atoms with E-state index in [1.807, 2.05) is 11.9 Å². The van der Waals surface area contributed by atoms with E-state index in [1.54, 1.807) is 0 Å². The number of halogens is 3. The first kappa shape index (κ1) is 20.0. The highest BCUT2D eigenvalue weighted by molar-refractivity contribution is 6.34. The molecule has 0 saturated carbocycles. The Bertz CT molecular complexity index is 939. The fourth-order valence-corrected chi connectivity index (χ4v) is 3.26. The second-order valence-electron chi connectivity index (χ2n) is 6.56. The first-order valence-corrected chi connectivity index (χ1v) is 8.94. The monoisotopic (exact) mass is 409 g/mol. The average Bonchev–Trinajstić information content (AvgIpc) is 3.07. The van der Waals surface area contributed by atoms with Gasteiger partial charge in [0.15, 0.2) is 11.6 Å². The van der Waals surface area contributed by atoms with Gasteiger partial charge in [0.25, 0.3) is 5.91 Å². The van der Waals surface area contributed by atoms with E-state index in [2.05, 4.69) is 10.6 Å². The van der Waals surface area contributed by atoms with Crippen LogP contribution in [0.3, 0.4) is 0 Å². The summed E-state index contributed by atoms with van der Waals surface area (Å²) in [6, 6.07) is 4.90. The molecule has 0 spiro atoms. The summed E-state index contributed by atoms with van der Waals surface area (Å²) in [7, 11) is 1.85. The highest BCUT2D eigenvalue weighted by Crippen LogP contribution is 2.34. The third-order valence-corrected chi connectivity index (χ3v) is 4.91. The predicted octanol–water partition coefficient (Wildman–Crippen LogP) is 3.61. The van der Waals surface area contributed by atoms with Gasteiger partial charge in [0.05, 0.1) is 22.4 Å². The van der Waals surface area contributed by atoms with Gasteiger partial charge in [0.2, 0.25) is 5.91 Å². The molecule has 3 N–H and O–H groups in total. The van der Waals surface area contributed by atoms with Gasteiger partial charge in [-0.2, -0.15) is 0 Å². The van der Waals surface area contributed by atoms with Crippen molar-refractivity contribution in [3.8, 4) is 5.75 Å². The number of rotatable bonds is 4. The van der Waals surface area contributed by atoms with E-state index in [0.29, 0.717) is 0 Å². The van der Waals surface area contributed by atoms with Crippen molar-refractivity contribution in [2.24, 2.45) is 0 Å². The Morgan fingerprint density at radius 1 is 1.14 bits per heavy atom. The predicted molar refractivity (Wildman–Crippen MR) is 102 cm³/mol. The lowest BCUT2D eigenvalue weighted by atomic mass is 10.1. The molecule has 1 aliphatic rings. The van der Waals surface area contributed by atoms with Crippen molar-refractivity contribution in [1.29, 1.82) is 0 Å². The fraction of sp³-hybridized carbons (Fsp3) is 0.263. The van der Waals surface area contributed by atoms with Crippen LogP contribution >= 0.6 is 11.6 Å². The zero-order chi connectivity index (χ0) is 20.4. The van der Waals surface area contributed by atoms with E-state index in [1.165, 1.54) is 12.1 Å². The fourth-order valence-electron chi connectivity index (χ4n) is 3.05. The summed E-state index contributed by atoms with van der Waals surface area (Å²) in [4.78, 5) is 26.5. The minimum atomic E-state index is -1.16. The van der Waals surface area contributed by atoms with E-state index in [9.17, 15) is 23.5 Å². The molecule has 0 aliphatic carbocycles. The number of amides is 2. The van der Waals surface area contributed by atoms with Crippen LogP contribution in [0.1, 0.15) is 23.2 Å². The Morgan fingerprint density at radius 2 is 1.89 bits per heavy atom. The molecule has 1 atom stereocenters. The maximum absolute atomic E-state index is 13.3. The van der Waals surface area contributed by atoms with Crippen LogP contribution < -0.4 is 10.6 Å². The second kappa shape index (κ2) is 8.12. The number of anilines is 2. The zero-order valence-electron chi connectivity index (χ0n) is 14.9. The molecule has 3 rings (SSSR count). The van der Waals surface area contributed by atoms with Gasteiger partial charge in [-0.15, -0.1) is 0 Å². The van der Waals surface area contributed by atoms with Crippen LogP contribution in [0.25, 0.3) is 0 Å². The van der Waals surface area contributed by atoms with Gasteiger partial charge < -0.3 is 15.7 Å². The third-order valence-electron chi connectivity index (χ3n) is 4.60. The number of aromatic hydroxyl groups is 1. The van der Waals surface area contributed by atoms with E-state index >= 15 is 0 Å². The molecule has 2 amide bonds. The van der Waals surface area contributed by atoms with Crippen molar-refractivity contribution in [1.82, 2.24) is 4.90 Å². The summed E-state index contributed by atoms with van der Waals surface area (Å²) in [6.45, 7) is 0.825. The van der Waals surface area contributed by atoms with Crippen LogP contribution in [0.2, 0.25) is 5.02 Å². The number of carbonyl (C=O) groups is 2. The molecular formula is C19H18ClF2N3O3. The van der Waals surface area contributed by atoms with Gasteiger partial charge in [-0.05, 0) is 50.7 Å². The Kier molecular flexibility index (Phi) is 5.81. The minimum absolute atomic E-state index is 0.0317. The molecule has 2 aromatic rings. The molecule has 0 radical (unpaired) electrons. The van der Waals surface area contributed by atoms with Crippen molar-refractivity contribution in [3.63, 3.8) is 0 Å². The SMILES string of the molecule is CN1CCCC1C(=O)Nc1cc(O)c(NC(=O)c2ccc(F)c(F)c2)cc1Cl. The Morgan fingerprint density at radius 3 is 2.54 bits per heavy atom. The van der Waals surface area contributed by atoms with Crippen LogP contribution in [-0.4, -0.2) is 41.5 Å². The standard InChI is InChI=1S/C19H18ClF2N3O3/c1-25-6-2-3-16(25)19(28)23-14-9-17(26)15(8-11(14)20)24-18(27)10-4-5-12(21)13(22)7-10/h4-5,7-9,16,26H,2-3,6H2,1H3,(H,23,28)(H,24,27). The van der Waals surface area contributed by atoms with Crippen LogP contribution in [0.4, 0.5) is 20.2 Å². The van der Waals surface area contributed by atoms with Gasteiger partial charge in [-0.1, -0.05) is 11.6 Å². The maximum atomic E-state index is 13.3.